The van der Waals surface area contributed by atoms with Crippen molar-refractivity contribution < 1.29 is 151 Å². The number of hydrogen-bond donors (Lipinski definition) is 16. The first-order valence-corrected chi connectivity index (χ1v) is 33.4. The van der Waals surface area contributed by atoms with Crippen molar-refractivity contribution in [2.75, 3.05) is 26.4 Å². The Morgan fingerprint density at radius 1 is 0.747 bits per heavy atom. The Balaban J connectivity index is 1.31. The molecule has 0 aromatic carbocycles. The van der Waals surface area contributed by atoms with Gasteiger partial charge in [0.15, 0.2) is 61.5 Å². The van der Waals surface area contributed by atoms with Crippen LogP contribution in [0.25, 0.3) is 0 Å². The van der Waals surface area contributed by atoms with Crippen molar-refractivity contribution in [3.05, 3.63) is 70.7 Å². The quantitative estimate of drug-likeness (QED) is 0.0287. The molecule has 5 aliphatic rings. The van der Waals surface area contributed by atoms with Crippen LogP contribution in [-0.4, -0.2) is 257 Å². The molecule has 1 aliphatic carbocycles. The summed E-state index contributed by atoms with van der Waals surface area (Å²) in [5.74, 6) is -8.08. The third-order valence-corrected chi connectivity index (χ3v) is 17.8. The number of rotatable bonds is 35. The van der Waals surface area contributed by atoms with Gasteiger partial charge >= 0.3 is 25.9 Å². The molecule has 4 heterocycles. The molecule has 4 fully saturated rings. The van der Waals surface area contributed by atoms with Gasteiger partial charge < -0.3 is 125 Å². The fourth-order valence-corrected chi connectivity index (χ4v) is 12.1. The average Bonchev–Trinajstić information content (AvgIpc) is 1.26. The summed E-state index contributed by atoms with van der Waals surface area (Å²) in [7, 11) is -5.79. The lowest BCUT2D eigenvalue weighted by Gasteiger charge is -2.51. The van der Waals surface area contributed by atoms with Crippen LogP contribution in [0.4, 0.5) is 4.79 Å². The highest BCUT2D eigenvalue weighted by Crippen LogP contribution is 2.49. The van der Waals surface area contributed by atoms with Crippen LogP contribution in [0.1, 0.15) is 120 Å². The molecule has 560 valence electrons. The summed E-state index contributed by atoms with van der Waals surface area (Å²) in [4.78, 5) is 99.9. The molecule has 22 unspecified atom stereocenters. The molecule has 0 aromatic heterocycles. The first-order chi connectivity index (χ1) is 46.2. The van der Waals surface area contributed by atoms with E-state index in [0.29, 0.717) is 12.8 Å². The van der Waals surface area contributed by atoms with E-state index in [1.54, 1.807) is 13.0 Å². The molecule has 22 atom stereocenters. The summed E-state index contributed by atoms with van der Waals surface area (Å²) < 4.78 is 75.4. The van der Waals surface area contributed by atoms with E-state index in [2.05, 4.69) is 75.4 Å². The molecule has 4 aliphatic heterocycles. The zero-order valence-corrected chi connectivity index (χ0v) is 57.4. The first kappa shape index (κ1) is 83.7. The van der Waals surface area contributed by atoms with Gasteiger partial charge in [-0.2, -0.15) is 0 Å². The fraction of sp³-hybridized carbons (Fsp3) is 0.698. The molecule has 4 saturated heterocycles. The second kappa shape index (κ2) is 37.3. The number of carboxylic acids is 2. The fourth-order valence-electron chi connectivity index (χ4n) is 11.2. The number of aliphatic hydroxyl groups excluding tert-OH is 8. The number of aliphatic hydroxyl groups is 9. The second-order valence-corrected chi connectivity index (χ2v) is 27.4. The molecular weight excluding hydrogens is 1340 g/mol. The smallest absolute Gasteiger partial charge is 0.474 e. The Morgan fingerprint density at radius 2 is 1.30 bits per heavy atom. The standard InChI is InChI=1S/C63H97N4O31P/c1-29(2)14-13-16-30(3)17-18-32(5)21-24-62(8,9)23-12-11-15-31(4)22-25-88-39(55(80)81)28-89-99(86,87)98-60-51(52(97-61(64)84)63(10,85)53(96-60)56(82)83)95-58-42(66-34(7)71)43(74)48(37(26-68)91-58)92-57-41(65-33(6)70)44(75)49(38(27-69)90-57)93-59-47(78)45(76)46(77)50(94-59)54(79)67-40-35(72)19-20-36(40)73/h12,14,17,22-23,37-39,41-53,57-60,68-69,72,74-78,85H,5,11,13,15-16,18-21,24-28H2,1-4,6-10H3,(H2,64,84)(H,65,70)(H,66,71)(H,67,79)(H,80,81)(H,82,83)(H,86,87). The second-order valence-electron chi connectivity index (χ2n) is 26.0. The molecule has 4 amide bonds. The molecule has 35 nitrogen and oxygen atoms in total. The Kier molecular flexibility index (Phi) is 31.5. The van der Waals surface area contributed by atoms with Gasteiger partial charge in [0, 0.05) is 26.7 Å². The van der Waals surface area contributed by atoms with E-state index in [4.69, 9.17) is 57.4 Å². The number of primary amides is 1. The highest BCUT2D eigenvalue weighted by atomic mass is 31.2. The van der Waals surface area contributed by atoms with Gasteiger partial charge in [-0.25, -0.2) is 18.9 Å². The lowest BCUT2D eigenvalue weighted by atomic mass is 9.85. The number of phosphoric ester groups is 1. The molecule has 36 heteroatoms. The third-order valence-electron chi connectivity index (χ3n) is 16.8. The monoisotopic (exact) mass is 1440 g/mol. The summed E-state index contributed by atoms with van der Waals surface area (Å²) in [6, 6.07) is -3.92. The number of nitrogens with two attached hydrogens (primary N) is 1. The minimum absolute atomic E-state index is 0.122. The average molecular weight is 1440 g/mol. The summed E-state index contributed by atoms with van der Waals surface area (Å²) >= 11 is 0. The van der Waals surface area contributed by atoms with Gasteiger partial charge in [0.05, 0.1) is 26.4 Å². The minimum Gasteiger partial charge on any atom is -0.510 e. The molecule has 99 heavy (non-hydrogen) atoms. The van der Waals surface area contributed by atoms with Crippen molar-refractivity contribution in [3.8, 4) is 0 Å². The van der Waals surface area contributed by atoms with Gasteiger partial charge in [0.2, 0.25) is 11.8 Å². The van der Waals surface area contributed by atoms with Crippen LogP contribution in [0.15, 0.2) is 70.7 Å². The first-order valence-electron chi connectivity index (χ1n) is 31.9. The predicted octanol–water partition coefficient (Wildman–Crippen LogP) is -0.280. The van der Waals surface area contributed by atoms with Crippen molar-refractivity contribution in [3.63, 3.8) is 0 Å². The molecular formula is C63H97N4O31P. The molecule has 0 saturated carbocycles. The number of ketones is 1. The van der Waals surface area contributed by atoms with Crippen molar-refractivity contribution in [1.82, 2.24) is 16.0 Å². The molecule has 0 radical (unpaired) electrons. The molecule has 0 aromatic rings. The Hall–Kier alpha value is -6.00. The summed E-state index contributed by atoms with van der Waals surface area (Å²) in [6.45, 7) is 15.3. The van der Waals surface area contributed by atoms with Gasteiger partial charge in [-0.15, -0.1) is 0 Å². The van der Waals surface area contributed by atoms with Crippen LogP contribution in [0.2, 0.25) is 0 Å². The normalized spacial score (nSPS) is 33.3. The summed E-state index contributed by atoms with van der Waals surface area (Å²) in [5.41, 5.74) is 6.28. The Bertz CT molecular complexity index is 3040. The predicted molar refractivity (Wildman–Crippen MR) is 339 cm³/mol. The highest BCUT2D eigenvalue weighted by Gasteiger charge is 2.63. The van der Waals surface area contributed by atoms with E-state index >= 15 is 0 Å². The minimum atomic E-state index is -5.79. The van der Waals surface area contributed by atoms with E-state index in [0.717, 1.165) is 64.0 Å². The number of nitrogens with one attached hydrogen (secondary N) is 3. The van der Waals surface area contributed by atoms with E-state index in [1.807, 2.05) is 6.08 Å². The van der Waals surface area contributed by atoms with E-state index in [-0.39, 0.29) is 24.9 Å². The number of phosphoric acid groups is 1. The molecule has 5 rings (SSSR count). The van der Waals surface area contributed by atoms with Crippen LogP contribution >= 0.6 is 7.82 Å². The number of aliphatic carboxylic acids is 2. The number of ether oxygens (including phenoxy) is 9. The zero-order valence-electron chi connectivity index (χ0n) is 56.5. The maximum atomic E-state index is 13.8. The Morgan fingerprint density at radius 3 is 1.82 bits per heavy atom. The number of Topliss-reactive ketones (excluding diaryl/α,β-unsaturated/α-hetero) is 1. The van der Waals surface area contributed by atoms with Crippen molar-refractivity contribution in [2.24, 2.45) is 11.1 Å². The number of hydrogen-bond acceptors (Lipinski definition) is 28. The zero-order chi connectivity index (χ0) is 74.2. The van der Waals surface area contributed by atoms with Gasteiger partial charge in [-0.05, 0) is 85.0 Å². The third kappa shape index (κ3) is 23.8. The number of allylic oxidation sites excluding steroid dienone is 10. The maximum Gasteiger partial charge on any atom is 0.474 e. The van der Waals surface area contributed by atoms with Crippen LogP contribution in [0.5, 0.6) is 0 Å². The highest BCUT2D eigenvalue weighted by molar-refractivity contribution is 7.47. The number of carbonyl (C=O) groups excluding carboxylic acids is 5. The van der Waals surface area contributed by atoms with Crippen LogP contribution in [-0.2, 0) is 85.0 Å². The summed E-state index contributed by atoms with van der Waals surface area (Å²) in [5, 5.41) is 127. The number of carbonyl (C=O) groups is 7. The van der Waals surface area contributed by atoms with Crippen LogP contribution < -0.4 is 21.7 Å². The van der Waals surface area contributed by atoms with Gasteiger partial charge in [-0.1, -0.05) is 73.1 Å². The number of amides is 4. The lowest BCUT2D eigenvalue weighted by molar-refractivity contribution is -0.372. The molecule has 0 spiro atoms. The van der Waals surface area contributed by atoms with Gasteiger partial charge in [0.1, 0.15) is 84.1 Å². The lowest BCUT2D eigenvalue weighted by Crippen LogP contribution is -2.72. The van der Waals surface area contributed by atoms with E-state index in [9.17, 15) is 99.2 Å². The Labute approximate surface area is 571 Å². The molecule has 0 bridgehead atoms. The maximum absolute atomic E-state index is 13.8. The SMILES string of the molecule is C=C(CC=C(C)CCC=C(C)C)CCC(C)(C)C=CCCC(C)=CCOC(COP(=O)(O)OC1OC(C(=O)O)C(C)(O)C(OC(N)=O)C1OC1OC(CO)C(OC2OC(CO)C(OC3OC(C(=O)NC4=C(O)CCC4=O)C(O)C(O)C3O)C(O)C2NC(C)=O)C(O)C1NC(C)=O)C(=O)O. The largest absolute Gasteiger partial charge is 0.510 e. The summed E-state index contributed by atoms with van der Waals surface area (Å²) in [6.07, 6.45) is -25.8. The van der Waals surface area contributed by atoms with Gasteiger partial charge in [0.25, 0.3) is 5.91 Å². The molecule has 17 N–H and O–H groups in total. The van der Waals surface area contributed by atoms with Crippen molar-refractivity contribution >= 4 is 49.4 Å². The van der Waals surface area contributed by atoms with E-state index in [1.165, 1.54) is 11.1 Å². The topological polar surface area (TPSA) is 543 Å². The van der Waals surface area contributed by atoms with Crippen molar-refractivity contribution in [1.29, 1.82) is 0 Å². The van der Waals surface area contributed by atoms with E-state index < -0.39 is 209 Å². The van der Waals surface area contributed by atoms with Crippen molar-refractivity contribution in [2.45, 2.75) is 248 Å². The van der Waals surface area contributed by atoms with Gasteiger partial charge in [-0.3, -0.25) is 28.2 Å². The van der Waals surface area contributed by atoms with Crippen LogP contribution in [0.3, 0.4) is 0 Å². The number of carboxylic acid groups (broad SMARTS) is 2. The van der Waals surface area contributed by atoms with Crippen LogP contribution in [0, 0.1) is 5.41 Å².